The third-order valence-electron chi connectivity index (χ3n) is 6.67. The number of quaternary nitrogens is 1. The van der Waals surface area contributed by atoms with Crippen LogP contribution in [0.1, 0.15) is 47.9 Å². The first-order chi connectivity index (χ1) is 12.5. The zero-order chi connectivity index (χ0) is 18.3. The number of oxime groups is 1. The van der Waals surface area contributed by atoms with Gasteiger partial charge in [-0.2, -0.15) is 0 Å². The van der Waals surface area contributed by atoms with Gasteiger partial charge in [-0.15, -0.1) is 0 Å². The highest BCUT2D eigenvalue weighted by atomic mass is 16.7. The standard InChI is InChI=1S/C22H34N3O/c1-16-13-17(2)20(18(3)14-16)21-19(15-25(4)11-7-8-12-25)22(26-23-21)24-9-5-6-10-24/h13-14,19,22H,5-12,15H2,1-4H3/q+1/t19-,22-/m0/s1. The number of nitrogens with zero attached hydrogens (tertiary/aromatic N) is 3. The quantitative estimate of drug-likeness (QED) is 0.770. The maximum atomic E-state index is 6.12. The summed E-state index contributed by atoms with van der Waals surface area (Å²) in [5, 5.41) is 4.70. The number of hydrogen-bond donors (Lipinski definition) is 0. The minimum absolute atomic E-state index is 0.128. The first-order valence-corrected chi connectivity index (χ1v) is 10.4. The van der Waals surface area contributed by atoms with E-state index >= 15 is 0 Å². The lowest BCUT2D eigenvalue weighted by Crippen LogP contribution is -2.51. The second kappa shape index (κ2) is 6.97. The lowest BCUT2D eigenvalue weighted by Gasteiger charge is -2.35. The second-order valence-corrected chi connectivity index (χ2v) is 9.05. The molecule has 4 heteroatoms. The van der Waals surface area contributed by atoms with E-state index in [2.05, 4.69) is 44.9 Å². The molecule has 1 aromatic rings. The van der Waals surface area contributed by atoms with Crippen LogP contribution < -0.4 is 0 Å². The molecule has 2 fully saturated rings. The van der Waals surface area contributed by atoms with E-state index in [4.69, 9.17) is 9.99 Å². The molecular formula is C22H34N3O+. The molecule has 0 unspecified atom stereocenters. The van der Waals surface area contributed by atoms with Gasteiger partial charge in [0.1, 0.15) is 11.6 Å². The Labute approximate surface area is 158 Å². The van der Waals surface area contributed by atoms with Crippen molar-refractivity contribution in [2.24, 2.45) is 11.1 Å². The Balaban J connectivity index is 1.68. The molecule has 26 heavy (non-hydrogen) atoms. The van der Waals surface area contributed by atoms with Crippen LogP contribution in [0.25, 0.3) is 0 Å². The summed E-state index contributed by atoms with van der Waals surface area (Å²) in [6, 6.07) is 4.58. The van der Waals surface area contributed by atoms with Crippen molar-refractivity contribution in [3.05, 3.63) is 34.4 Å². The Hall–Kier alpha value is -1.39. The third kappa shape index (κ3) is 3.29. The summed E-state index contributed by atoms with van der Waals surface area (Å²) in [5.41, 5.74) is 6.52. The van der Waals surface area contributed by atoms with E-state index in [-0.39, 0.29) is 6.23 Å². The lowest BCUT2D eigenvalue weighted by molar-refractivity contribution is -0.900. The van der Waals surface area contributed by atoms with Crippen molar-refractivity contribution in [2.45, 2.75) is 52.7 Å². The fraction of sp³-hybridized carbons (Fsp3) is 0.682. The predicted molar refractivity (Wildman–Crippen MR) is 106 cm³/mol. The van der Waals surface area contributed by atoms with Crippen molar-refractivity contribution in [3.63, 3.8) is 0 Å². The topological polar surface area (TPSA) is 24.8 Å². The summed E-state index contributed by atoms with van der Waals surface area (Å²) >= 11 is 0. The van der Waals surface area contributed by atoms with E-state index in [1.807, 2.05) is 0 Å². The molecule has 0 N–H and O–H groups in total. The van der Waals surface area contributed by atoms with Crippen LogP contribution in [0, 0.1) is 26.7 Å². The van der Waals surface area contributed by atoms with Gasteiger partial charge in [0.15, 0.2) is 6.23 Å². The fourth-order valence-electron chi connectivity index (χ4n) is 5.45. The lowest BCUT2D eigenvalue weighted by atomic mass is 9.87. The SMILES string of the molecule is Cc1cc(C)c(C2=NO[C@H](N3CCCC3)[C@H]2C[N+]2(C)CCCC2)c(C)c1. The molecule has 0 amide bonds. The van der Waals surface area contributed by atoms with Crippen molar-refractivity contribution < 1.29 is 9.32 Å². The van der Waals surface area contributed by atoms with Crippen molar-refractivity contribution in [2.75, 3.05) is 39.8 Å². The Morgan fingerprint density at radius 2 is 1.65 bits per heavy atom. The van der Waals surface area contributed by atoms with Crippen molar-refractivity contribution in [1.82, 2.24) is 4.90 Å². The third-order valence-corrected chi connectivity index (χ3v) is 6.67. The summed E-state index contributed by atoms with van der Waals surface area (Å²) in [4.78, 5) is 8.65. The highest BCUT2D eigenvalue weighted by molar-refractivity contribution is 6.05. The Bertz CT molecular complexity index is 676. The van der Waals surface area contributed by atoms with Gasteiger partial charge in [0, 0.05) is 31.5 Å². The van der Waals surface area contributed by atoms with Crippen LogP contribution in [0.4, 0.5) is 0 Å². The Kier molecular flexibility index (Phi) is 4.83. The average molecular weight is 357 g/mol. The minimum atomic E-state index is 0.128. The normalized spacial score (nSPS) is 28.4. The number of rotatable bonds is 4. The second-order valence-electron chi connectivity index (χ2n) is 9.05. The van der Waals surface area contributed by atoms with Crippen LogP contribution in [-0.4, -0.2) is 61.1 Å². The van der Waals surface area contributed by atoms with E-state index in [9.17, 15) is 0 Å². The summed E-state index contributed by atoms with van der Waals surface area (Å²) in [5.74, 6) is 0.372. The van der Waals surface area contributed by atoms with E-state index in [1.54, 1.807) is 0 Å². The largest absolute Gasteiger partial charge is 0.375 e. The zero-order valence-corrected chi connectivity index (χ0v) is 16.9. The molecule has 0 saturated carbocycles. The molecule has 3 heterocycles. The van der Waals surface area contributed by atoms with Crippen molar-refractivity contribution in [1.29, 1.82) is 0 Å². The summed E-state index contributed by atoms with van der Waals surface area (Å²) in [7, 11) is 2.43. The minimum Gasteiger partial charge on any atom is -0.375 e. The molecule has 4 rings (SSSR count). The van der Waals surface area contributed by atoms with Crippen LogP contribution in [0.3, 0.4) is 0 Å². The van der Waals surface area contributed by atoms with E-state index in [1.165, 1.54) is 71.2 Å². The number of aryl methyl sites for hydroxylation is 3. The molecule has 142 valence electrons. The van der Waals surface area contributed by atoms with Crippen LogP contribution in [-0.2, 0) is 4.84 Å². The maximum absolute atomic E-state index is 6.12. The molecule has 0 spiro atoms. The number of benzene rings is 1. The maximum Gasteiger partial charge on any atom is 0.195 e. The highest BCUT2D eigenvalue weighted by Gasteiger charge is 2.45. The first kappa shape index (κ1) is 18.0. The van der Waals surface area contributed by atoms with Crippen molar-refractivity contribution >= 4 is 5.71 Å². The molecule has 0 aliphatic carbocycles. The van der Waals surface area contributed by atoms with Crippen LogP contribution in [0.2, 0.25) is 0 Å². The predicted octanol–water partition coefficient (Wildman–Crippen LogP) is 3.62. The molecule has 4 nitrogen and oxygen atoms in total. The number of likely N-dealkylation sites (tertiary alicyclic amines) is 2. The number of hydrogen-bond acceptors (Lipinski definition) is 3. The summed E-state index contributed by atoms with van der Waals surface area (Å²) < 4.78 is 1.17. The van der Waals surface area contributed by atoms with Gasteiger partial charge in [0.05, 0.1) is 26.7 Å². The molecule has 1 aromatic carbocycles. The van der Waals surface area contributed by atoms with Crippen LogP contribution in [0.15, 0.2) is 17.3 Å². The molecule has 0 bridgehead atoms. The Morgan fingerprint density at radius 1 is 1.04 bits per heavy atom. The molecule has 0 radical (unpaired) electrons. The smallest absolute Gasteiger partial charge is 0.195 e. The van der Waals surface area contributed by atoms with Crippen LogP contribution in [0.5, 0.6) is 0 Å². The fourth-order valence-corrected chi connectivity index (χ4v) is 5.45. The Morgan fingerprint density at radius 3 is 2.27 bits per heavy atom. The molecule has 2 atom stereocenters. The van der Waals surface area contributed by atoms with E-state index in [0.29, 0.717) is 5.92 Å². The van der Waals surface area contributed by atoms with Gasteiger partial charge in [0.25, 0.3) is 0 Å². The van der Waals surface area contributed by atoms with Gasteiger partial charge in [-0.25, -0.2) is 0 Å². The van der Waals surface area contributed by atoms with Gasteiger partial charge in [-0.3, -0.25) is 4.90 Å². The van der Waals surface area contributed by atoms with E-state index in [0.717, 1.165) is 19.6 Å². The molecule has 3 aliphatic rings. The van der Waals surface area contributed by atoms with Gasteiger partial charge < -0.3 is 9.32 Å². The average Bonchev–Trinajstić information content (AvgIpc) is 3.29. The molecule has 0 aromatic heterocycles. The molecular weight excluding hydrogens is 322 g/mol. The van der Waals surface area contributed by atoms with Crippen LogP contribution >= 0.6 is 0 Å². The van der Waals surface area contributed by atoms with Gasteiger partial charge in [-0.1, -0.05) is 22.9 Å². The van der Waals surface area contributed by atoms with Crippen molar-refractivity contribution in [3.8, 4) is 0 Å². The van der Waals surface area contributed by atoms with Gasteiger partial charge in [0.2, 0.25) is 0 Å². The monoisotopic (exact) mass is 356 g/mol. The highest BCUT2D eigenvalue weighted by Crippen LogP contribution is 2.34. The van der Waals surface area contributed by atoms with E-state index < -0.39 is 0 Å². The molecule has 2 saturated heterocycles. The summed E-state index contributed by atoms with van der Waals surface area (Å²) in [6.07, 6.45) is 5.41. The van der Waals surface area contributed by atoms with Gasteiger partial charge in [-0.05, 0) is 44.7 Å². The van der Waals surface area contributed by atoms with Gasteiger partial charge >= 0.3 is 0 Å². The first-order valence-electron chi connectivity index (χ1n) is 10.4. The zero-order valence-electron chi connectivity index (χ0n) is 16.9. The summed E-state index contributed by atoms with van der Waals surface area (Å²) in [6.45, 7) is 12.7. The molecule has 3 aliphatic heterocycles.